The molecule has 0 aliphatic rings. The molecule has 4 rings (SSSR count). The molecule has 3 N–H and O–H groups in total. The Hall–Kier alpha value is -3.84. The molecular weight excluding hydrogens is 414 g/mol. The second kappa shape index (κ2) is 8.12. The van der Waals surface area contributed by atoms with Crippen LogP contribution in [0.25, 0.3) is 21.5 Å². The summed E-state index contributed by atoms with van der Waals surface area (Å²) in [5, 5.41) is 33.1. The zero-order valence-electron chi connectivity index (χ0n) is 16.6. The monoisotopic (exact) mass is 433 g/mol. The van der Waals surface area contributed by atoms with Crippen LogP contribution in [0.4, 0.5) is 11.4 Å². The summed E-state index contributed by atoms with van der Waals surface area (Å²) < 4.78 is 5.64. The number of carbonyl (C=O) groups is 1. The normalized spacial score (nSPS) is 10.9. The van der Waals surface area contributed by atoms with Gasteiger partial charge in [-0.3, -0.25) is 4.90 Å². The van der Waals surface area contributed by atoms with E-state index < -0.39 is 5.97 Å². The average molecular weight is 433 g/mol. The summed E-state index contributed by atoms with van der Waals surface area (Å²) in [6.07, 6.45) is 0. The van der Waals surface area contributed by atoms with Gasteiger partial charge in [0.05, 0.1) is 23.5 Å². The highest BCUT2D eigenvalue weighted by molar-refractivity contribution is 7.80. The van der Waals surface area contributed by atoms with Gasteiger partial charge in [-0.1, -0.05) is 48.5 Å². The number of thiocarbonyl (C=S) groups is 1. The minimum atomic E-state index is -1.04. The van der Waals surface area contributed by atoms with Gasteiger partial charge in [0.15, 0.2) is 0 Å². The molecule has 0 fully saturated rings. The predicted octanol–water partition coefficient (Wildman–Crippen LogP) is 5.56. The number of nitrogens with zero attached hydrogens (tertiary/aromatic N) is 1. The number of hydrogen-bond donors (Lipinski definition) is 3. The van der Waals surface area contributed by atoms with Crippen molar-refractivity contribution in [3.8, 4) is 11.5 Å². The summed E-state index contributed by atoms with van der Waals surface area (Å²) in [7, 11) is 0. The van der Waals surface area contributed by atoms with Crippen LogP contribution < -0.4 is 4.90 Å². The van der Waals surface area contributed by atoms with E-state index in [0.29, 0.717) is 39.5 Å². The lowest BCUT2D eigenvalue weighted by Crippen LogP contribution is -2.27. The largest absolute Gasteiger partial charge is 0.507 e. The Bertz CT molecular complexity index is 1330. The van der Waals surface area contributed by atoms with E-state index in [2.05, 4.69) is 0 Å². The SMILES string of the molecule is CCOC(=S)N(c1ccc(C(=O)O)c2ccccc12)c1c(O)cc(O)c2ccccc12. The minimum Gasteiger partial charge on any atom is -0.507 e. The molecule has 0 aliphatic heterocycles. The van der Waals surface area contributed by atoms with Gasteiger partial charge in [-0.25, -0.2) is 4.79 Å². The molecule has 0 heterocycles. The fourth-order valence-electron chi connectivity index (χ4n) is 3.72. The van der Waals surface area contributed by atoms with E-state index in [1.165, 1.54) is 12.1 Å². The summed E-state index contributed by atoms with van der Waals surface area (Å²) >= 11 is 5.56. The number of benzene rings is 4. The van der Waals surface area contributed by atoms with Crippen molar-refractivity contribution in [1.82, 2.24) is 0 Å². The fourth-order valence-corrected chi connectivity index (χ4v) is 4.03. The van der Waals surface area contributed by atoms with E-state index in [0.717, 1.165) is 0 Å². The molecule has 7 heteroatoms. The number of anilines is 2. The molecule has 156 valence electrons. The molecule has 4 aromatic rings. The quantitative estimate of drug-likeness (QED) is 0.363. The van der Waals surface area contributed by atoms with E-state index in [-0.39, 0.29) is 22.2 Å². The highest BCUT2D eigenvalue weighted by Gasteiger charge is 2.26. The zero-order chi connectivity index (χ0) is 22.1. The number of ether oxygens (including phenoxy) is 1. The van der Waals surface area contributed by atoms with Crippen LogP contribution in [0.15, 0.2) is 66.7 Å². The third kappa shape index (κ3) is 3.49. The molecule has 0 bridgehead atoms. The third-order valence-corrected chi connectivity index (χ3v) is 5.32. The van der Waals surface area contributed by atoms with Gasteiger partial charge < -0.3 is 20.1 Å². The lowest BCUT2D eigenvalue weighted by molar-refractivity contribution is 0.0699. The molecule has 0 saturated carbocycles. The number of hydrogen-bond acceptors (Lipinski definition) is 5. The van der Waals surface area contributed by atoms with Crippen LogP contribution >= 0.6 is 12.2 Å². The Morgan fingerprint density at radius 2 is 1.52 bits per heavy atom. The van der Waals surface area contributed by atoms with Crippen molar-refractivity contribution in [3.05, 3.63) is 72.3 Å². The summed E-state index contributed by atoms with van der Waals surface area (Å²) in [6.45, 7) is 2.10. The van der Waals surface area contributed by atoms with Gasteiger partial charge in [0.25, 0.3) is 5.17 Å². The summed E-state index contributed by atoms with van der Waals surface area (Å²) in [5.74, 6) is -1.30. The highest BCUT2D eigenvalue weighted by atomic mass is 32.1. The number of carboxylic acid groups (broad SMARTS) is 1. The molecule has 0 aromatic heterocycles. The van der Waals surface area contributed by atoms with Gasteiger partial charge in [-0.2, -0.15) is 0 Å². The van der Waals surface area contributed by atoms with Crippen molar-refractivity contribution in [2.24, 2.45) is 0 Å². The van der Waals surface area contributed by atoms with Crippen LogP contribution in [0, 0.1) is 0 Å². The molecule has 0 spiro atoms. The molecule has 6 nitrogen and oxygen atoms in total. The van der Waals surface area contributed by atoms with Crippen LogP contribution in [0.3, 0.4) is 0 Å². The molecule has 31 heavy (non-hydrogen) atoms. The fraction of sp³-hybridized carbons (Fsp3) is 0.0833. The number of carboxylic acids is 1. The van der Waals surface area contributed by atoms with E-state index in [1.54, 1.807) is 66.4 Å². The van der Waals surface area contributed by atoms with E-state index in [9.17, 15) is 20.1 Å². The highest BCUT2D eigenvalue weighted by Crippen LogP contribution is 2.45. The van der Waals surface area contributed by atoms with Crippen molar-refractivity contribution in [2.45, 2.75) is 6.92 Å². The second-order valence-electron chi connectivity index (χ2n) is 6.83. The number of phenolic OH excluding ortho intramolecular Hbond substituents is 2. The average Bonchev–Trinajstić information content (AvgIpc) is 2.76. The van der Waals surface area contributed by atoms with Gasteiger partial charge >= 0.3 is 5.97 Å². The van der Waals surface area contributed by atoms with Crippen LogP contribution in [-0.4, -0.2) is 33.1 Å². The molecule has 0 aliphatic carbocycles. The van der Waals surface area contributed by atoms with Crippen LogP contribution in [0.5, 0.6) is 11.5 Å². The van der Waals surface area contributed by atoms with Crippen LogP contribution in [0.1, 0.15) is 17.3 Å². The first-order valence-electron chi connectivity index (χ1n) is 9.59. The topological polar surface area (TPSA) is 90.2 Å². The van der Waals surface area contributed by atoms with Crippen molar-refractivity contribution in [2.75, 3.05) is 11.5 Å². The third-order valence-electron chi connectivity index (χ3n) is 5.02. The lowest BCUT2D eigenvalue weighted by atomic mass is 10.0. The maximum atomic E-state index is 11.7. The Morgan fingerprint density at radius 3 is 2.16 bits per heavy atom. The summed E-state index contributed by atoms with van der Waals surface area (Å²) in [4.78, 5) is 13.3. The van der Waals surface area contributed by atoms with Crippen molar-refractivity contribution >= 4 is 56.3 Å². The number of aromatic hydroxyl groups is 2. The Morgan fingerprint density at radius 1 is 0.903 bits per heavy atom. The number of phenols is 2. The van der Waals surface area contributed by atoms with Gasteiger partial charge in [0, 0.05) is 22.2 Å². The molecule has 0 atom stereocenters. The second-order valence-corrected chi connectivity index (χ2v) is 7.18. The molecule has 0 amide bonds. The smallest absolute Gasteiger partial charge is 0.336 e. The lowest BCUT2D eigenvalue weighted by Gasteiger charge is -2.28. The number of rotatable bonds is 4. The first kappa shape index (κ1) is 20.4. The maximum absolute atomic E-state index is 11.7. The Kier molecular flexibility index (Phi) is 5.35. The molecular formula is C24H19NO5S. The van der Waals surface area contributed by atoms with Crippen molar-refractivity contribution in [1.29, 1.82) is 0 Å². The van der Waals surface area contributed by atoms with Gasteiger partial charge in [-0.15, -0.1) is 0 Å². The molecule has 0 unspecified atom stereocenters. The predicted molar refractivity (Wildman–Crippen MR) is 125 cm³/mol. The van der Waals surface area contributed by atoms with Crippen LogP contribution in [0.2, 0.25) is 0 Å². The molecule has 4 aromatic carbocycles. The van der Waals surface area contributed by atoms with E-state index >= 15 is 0 Å². The van der Waals surface area contributed by atoms with Gasteiger partial charge in [-0.05, 0) is 36.7 Å². The van der Waals surface area contributed by atoms with Crippen LogP contribution in [-0.2, 0) is 4.74 Å². The Balaban J connectivity index is 2.09. The van der Waals surface area contributed by atoms with Crippen molar-refractivity contribution in [3.63, 3.8) is 0 Å². The van der Waals surface area contributed by atoms with Crippen molar-refractivity contribution < 1.29 is 24.9 Å². The van der Waals surface area contributed by atoms with Gasteiger partial charge in [0.1, 0.15) is 11.5 Å². The maximum Gasteiger partial charge on any atom is 0.336 e. The summed E-state index contributed by atoms with van der Waals surface area (Å²) in [6, 6.07) is 18.5. The standard InChI is InChI=1S/C24H19NO5S/c1-2-30-24(31)25(22-17-10-6-5-9-16(17)20(26)13-21(22)27)19-12-11-18(23(28)29)14-7-3-4-8-15(14)19/h3-13,26-27H,2H2,1H3,(H,28,29). The number of aromatic carboxylic acids is 1. The van der Waals surface area contributed by atoms with Gasteiger partial charge in [0.2, 0.25) is 0 Å². The first-order valence-corrected chi connectivity index (χ1v) is 10.0. The first-order chi connectivity index (χ1) is 14.9. The van der Waals surface area contributed by atoms with E-state index in [4.69, 9.17) is 17.0 Å². The minimum absolute atomic E-state index is 0.0646. The Labute approximate surface area is 183 Å². The number of fused-ring (bicyclic) bond motifs is 2. The zero-order valence-corrected chi connectivity index (χ0v) is 17.4. The summed E-state index contributed by atoms with van der Waals surface area (Å²) in [5.41, 5.74) is 1.03. The van der Waals surface area contributed by atoms with E-state index in [1.807, 2.05) is 0 Å². The molecule has 0 radical (unpaired) electrons. The molecule has 0 saturated heterocycles.